The molecule has 36 heavy (non-hydrogen) atoms. The van der Waals surface area contributed by atoms with E-state index in [2.05, 4.69) is 9.97 Å². The number of hydrogen-bond donors (Lipinski definition) is 0. The number of likely N-dealkylation sites (tertiary alicyclic amines) is 1. The second-order valence-electron chi connectivity index (χ2n) is 9.65. The molecule has 1 aliphatic rings. The summed E-state index contributed by atoms with van der Waals surface area (Å²) in [5, 5.41) is 0. The average Bonchev–Trinajstić information content (AvgIpc) is 3.36. The van der Waals surface area contributed by atoms with Crippen molar-refractivity contribution in [3.8, 4) is 0 Å². The van der Waals surface area contributed by atoms with Gasteiger partial charge in [0.1, 0.15) is 16.9 Å². The van der Waals surface area contributed by atoms with Gasteiger partial charge in [0, 0.05) is 12.7 Å². The summed E-state index contributed by atoms with van der Waals surface area (Å²) in [4.78, 5) is 23.2. The van der Waals surface area contributed by atoms with E-state index in [0.29, 0.717) is 42.9 Å². The molecule has 0 saturated carbocycles. The molecule has 1 aliphatic heterocycles. The Labute approximate surface area is 202 Å². The molecule has 4 rings (SSSR count). The van der Waals surface area contributed by atoms with Gasteiger partial charge >= 0.3 is 18.4 Å². The number of rotatable bonds is 3. The van der Waals surface area contributed by atoms with Gasteiger partial charge < -0.3 is 9.30 Å². The number of pyridine rings is 1. The van der Waals surface area contributed by atoms with Crippen molar-refractivity contribution in [3.05, 3.63) is 59.0 Å². The molecule has 3 aromatic rings. The molecule has 1 atom stereocenters. The van der Waals surface area contributed by atoms with E-state index in [4.69, 9.17) is 4.74 Å². The van der Waals surface area contributed by atoms with Crippen LogP contribution in [0.15, 0.2) is 36.5 Å². The summed E-state index contributed by atoms with van der Waals surface area (Å²) < 4.78 is 87.4. The van der Waals surface area contributed by atoms with Crippen molar-refractivity contribution in [3.63, 3.8) is 0 Å². The molecule has 0 N–H and O–H groups in total. The Morgan fingerprint density at radius 3 is 2.28 bits per heavy atom. The van der Waals surface area contributed by atoms with Crippen LogP contribution in [0.3, 0.4) is 0 Å². The van der Waals surface area contributed by atoms with Crippen molar-refractivity contribution in [2.45, 2.75) is 64.2 Å². The van der Waals surface area contributed by atoms with E-state index >= 15 is 0 Å². The van der Waals surface area contributed by atoms with E-state index < -0.39 is 41.2 Å². The summed E-state index contributed by atoms with van der Waals surface area (Å²) >= 11 is 0. The van der Waals surface area contributed by atoms with Crippen molar-refractivity contribution in [1.82, 2.24) is 19.4 Å². The van der Waals surface area contributed by atoms with Crippen LogP contribution in [0.2, 0.25) is 0 Å². The Morgan fingerprint density at radius 2 is 1.69 bits per heavy atom. The number of carbonyl (C=O) groups excluding carboxylic acids is 1. The summed E-state index contributed by atoms with van der Waals surface area (Å²) in [6.45, 7) is 5.19. The maximum absolute atomic E-state index is 13.4. The SMILES string of the molecule is CC(C)(C)OC(=O)N1CCCC1c1nc2cccnc2n1Cc1cc(C(F)(F)F)cc(C(F)(F)F)c1. The molecule has 6 nitrogen and oxygen atoms in total. The van der Waals surface area contributed by atoms with Crippen LogP contribution in [0.5, 0.6) is 0 Å². The minimum Gasteiger partial charge on any atom is -0.444 e. The van der Waals surface area contributed by atoms with Crippen molar-refractivity contribution >= 4 is 17.3 Å². The number of carbonyl (C=O) groups is 1. The third-order valence-electron chi connectivity index (χ3n) is 5.70. The number of imidazole rings is 1. The number of aromatic nitrogens is 3. The fourth-order valence-electron chi connectivity index (χ4n) is 4.25. The highest BCUT2D eigenvalue weighted by Gasteiger charge is 2.38. The number of benzene rings is 1. The quantitative estimate of drug-likeness (QED) is 0.370. The number of alkyl halides is 6. The number of fused-ring (bicyclic) bond motifs is 1. The first-order chi connectivity index (χ1) is 16.6. The zero-order valence-electron chi connectivity index (χ0n) is 19.7. The Hall–Kier alpha value is -3.31. The van der Waals surface area contributed by atoms with Crippen LogP contribution in [0.4, 0.5) is 31.1 Å². The van der Waals surface area contributed by atoms with Gasteiger partial charge in [-0.05, 0) is 69.5 Å². The molecule has 0 bridgehead atoms. The first-order valence-electron chi connectivity index (χ1n) is 11.2. The van der Waals surface area contributed by atoms with Gasteiger partial charge in [0.15, 0.2) is 5.65 Å². The van der Waals surface area contributed by atoms with Crippen LogP contribution in [-0.4, -0.2) is 37.7 Å². The Kier molecular flexibility index (Phi) is 6.42. The highest BCUT2D eigenvalue weighted by Crippen LogP contribution is 2.38. The standard InChI is InChI=1S/C24H24F6N4O2/c1-22(2,3)36-21(35)33-9-5-7-18(33)20-32-17-6-4-8-31-19(17)34(20)13-14-10-15(23(25,26)27)12-16(11-14)24(28,29)30/h4,6,8,10-12,18H,5,7,9,13H2,1-3H3. The van der Waals surface area contributed by atoms with E-state index in [1.165, 1.54) is 15.7 Å². The first-order valence-corrected chi connectivity index (χ1v) is 11.2. The van der Waals surface area contributed by atoms with Gasteiger partial charge in [0.05, 0.1) is 23.7 Å². The fourth-order valence-corrected chi connectivity index (χ4v) is 4.25. The molecule has 0 radical (unpaired) electrons. The number of nitrogens with zero attached hydrogens (tertiary/aromatic N) is 4. The third-order valence-corrected chi connectivity index (χ3v) is 5.70. The predicted octanol–water partition coefficient (Wildman–Crippen LogP) is 6.59. The third kappa shape index (κ3) is 5.41. The maximum Gasteiger partial charge on any atom is 0.416 e. The van der Waals surface area contributed by atoms with Crippen LogP contribution in [0.1, 0.15) is 62.2 Å². The summed E-state index contributed by atoms with van der Waals surface area (Å²) in [7, 11) is 0. The van der Waals surface area contributed by atoms with Crippen LogP contribution in [0, 0.1) is 0 Å². The molecule has 2 aromatic heterocycles. The summed E-state index contributed by atoms with van der Waals surface area (Å²) in [5.74, 6) is 0.318. The van der Waals surface area contributed by atoms with E-state index in [1.807, 2.05) is 0 Å². The van der Waals surface area contributed by atoms with Gasteiger partial charge in [0.2, 0.25) is 0 Å². The zero-order chi connectivity index (χ0) is 26.5. The van der Waals surface area contributed by atoms with Gasteiger partial charge in [-0.15, -0.1) is 0 Å². The van der Waals surface area contributed by atoms with Crippen LogP contribution in [0.25, 0.3) is 11.2 Å². The van der Waals surface area contributed by atoms with Gasteiger partial charge in [-0.2, -0.15) is 26.3 Å². The monoisotopic (exact) mass is 514 g/mol. The molecule has 1 amide bonds. The first kappa shape index (κ1) is 25.8. The Morgan fingerprint density at radius 1 is 1.06 bits per heavy atom. The van der Waals surface area contributed by atoms with Crippen molar-refractivity contribution in [2.24, 2.45) is 0 Å². The van der Waals surface area contributed by atoms with Crippen molar-refractivity contribution in [2.75, 3.05) is 6.54 Å². The van der Waals surface area contributed by atoms with Crippen molar-refractivity contribution in [1.29, 1.82) is 0 Å². The molecule has 0 spiro atoms. The van der Waals surface area contributed by atoms with E-state index in [0.717, 1.165) is 0 Å². The predicted molar refractivity (Wildman–Crippen MR) is 118 cm³/mol. The summed E-state index contributed by atoms with van der Waals surface area (Å²) in [6, 6.07) is 4.15. The molecule has 0 aliphatic carbocycles. The molecular formula is C24H24F6N4O2. The van der Waals surface area contributed by atoms with Gasteiger partial charge in [-0.3, -0.25) is 4.90 Å². The maximum atomic E-state index is 13.4. The lowest BCUT2D eigenvalue weighted by Gasteiger charge is -2.28. The largest absolute Gasteiger partial charge is 0.444 e. The van der Waals surface area contributed by atoms with E-state index in [9.17, 15) is 31.1 Å². The van der Waals surface area contributed by atoms with E-state index in [1.54, 1.807) is 32.9 Å². The number of ether oxygens (including phenoxy) is 1. The lowest BCUT2D eigenvalue weighted by Crippen LogP contribution is -2.37. The normalized spacial score (nSPS) is 17.1. The fraction of sp³-hybridized carbons (Fsp3) is 0.458. The van der Waals surface area contributed by atoms with Gasteiger partial charge in [-0.25, -0.2) is 14.8 Å². The molecule has 1 fully saturated rings. The van der Waals surface area contributed by atoms with Gasteiger partial charge in [-0.1, -0.05) is 0 Å². The number of hydrogen-bond acceptors (Lipinski definition) is 4. The Bertz CT molecular complexity index is 1240. The Balaban J connectivity index is 1.80. The average molecular weight is 514 g/mol. The lowest BCUT2D eigenvalue weighted by atomic mass is 10.0. The minimum atomic E-state index is -4.97. The minimum absolute atomic E-state index is 0.0931. The molecule has 3 heterocycles. The van der Waals surface area contributed by atoms with Crippen LogP contribution < -0.4 is 0 Å². The molecule has 1 unspecified atom stereocenters. The smallest absolute Gasteiger partial charge is 0.416 e. The van der Waals surface area contributed by atoms with Crippen molar-refractivity contribution < 1.29 is 35.9 Å². The lowest BCUT2D eigenvalue weighted by molar-refractivity contribution is -0.143. The summed E-state index contributed by atoms with van der Waals surface area (Å²) in [6.07, 6.45) is -7.92. The van der Waals surface area contributed by atoms with Crippen LogP contribution in [-0.2, 0) is 23.6 Å². The second kappa shape index (κ2) is 8.97. The molecule has 12 heteroatoms. The van der Waals surface area contributed by atoms with Gasteiger partial charge in [0.25, 0.3) is 0 Å². The highest BCUT2D eigenvalue weighted by molar-refractivity contribution is 5.73. The number of amides is 1. The second-order valence-corrected chi connectivity index (χ2v) is 9.65. The molecule has 1 aromatic carbocycles. The number of halogens is 6. The van der Waals surface area contributed by atoms with Crippen LogP contribution >= 0.6 is 0 Å². The molecular weight excluding hydrogens is 490 g/mol. The highest BCUT2D eigenvalue weighted by atomic mass is 19.4. The van der Waals surface area contributed by atoms with E-state index in [-0.39, 0.29) is 23.8 Å². The molecule has 1 saturated heterocycles. The summed E-state index contributed by atoms with van der Waals surface area (Å²) in [5.41, 5.74) is -3.07. The zero-order valence-corrected chi connectivity index (χ0v) is 19.7. The topological polar surface area (TPSA) is 60.2 Å². The molecule has 194 valence electrons.